The molecule has 0 saturated carbocycles. The minimum atomic E-state index is -0.112. The normalized spacial score (nSPS) is 15.8. The fourth-order valence-corrected chi connectivity index (χ4v) is 3.06. The van der Waals surface area contributed by atoms with E-state index in [9.17, 15) is 4.79 Å². The number of amides is 1. The zero-order chi connectivity index (χ0) is 18.8. The molecule has 1 aromatic rings. The Labute approximate surface area is 161 Å². The fourth-order valence-electron chi connectivity index (χ4n) is 2.93. The lowest BCUT2D eigenvalue weighted by Crippen LogP contribution is -2.47. The van der Waals surface area contributed by atoms with Crippen LogP contribution in [0, 0.1) is 0 Å². The SMILES string of the molecule is CCNC(=NCCNC(=O)c1ccc(Cl)cc1)N1CCC(OCC)CC1. The number of nitrogens with zero attached hydrogens (tertiary/aromatic N) is 2. The molecule has 1 aliphatic heterocycles. The van der Waals surface area contributed by atoms with Gasteiger partial charge in [-0.2, -0.15) is 0 Å². The lowest BCUT2D eigenvalue weighted by atomic mass is 10.1. The number of carbonyl (C=O) groups is 1. The number of guanidine groups is 1. The van der Waals surface area contributed by atoms with E-state index in [0.717, 1.165) is 45.0 Å². The first-order valence-corrected chi connectivity index (χ1v) is 9.70. The van der Waals surface area contributed by atoms with Crippen LogP contribution in [0.15, 0.2) is 29.3 Å². The molecule has 0 radical (unpaired) electrons. The van der Waals surface area contributed by atoms with Gasteiger partial charge in [0, 0.05) is 43.4 Å². The minimum absolute atomic E-state index is 0.112. The molecular weight excluding hydrogens is 352 g/mol. The molecule has 2 rings (SSSR count). The van der Waals surface area contributed by atoms with Crippen molar-refractivity contribution in [3.63, 3.8) is 0 Å². The van der Waals surface area contributed by atoms with Crippen LogP contribution in [0.4, 0.5) is 0 Å². The summed E-state index contributed by atoms with van der Waals surface area (Å²) in [6, 6.07) is 6.86. The Balaban J connectivity index is 1.79. The molecule has 1 aromatic carbocycles. The molecule has 0 aromatic heterocycles. The van der Waals surface area contributed by atoms with Gasteiger partial charge >= 0.3 is 0 Å². The Morgan fingerprint density at radius 1 is 1.23 bits per heavy atom. The van der Waals surface area contributed by atoms with E-state index in [1.807, 2.05) is 6.92 Å². The molecule has 26 heavy (non-hydrogen) atoms. The standard InChI is InChI=1S/C19H29ClN4O2/c1-3-21-19(24-13-9-17(10-14-24)26-4-2)23-12-11-22-18(25)15-5-7-16(20)8-6-15/h5-8,17H,3-4,9-14H2,1-2H3,(H,21,23)(H,22,25). The molecule has 0 spiro atoms. The van der Waals surface area contributed by atoms with Crippen LogP contribution in [0.2, 0.25) is 5.02 Å². The van der Waals surface area contributed by atoms with Crippen molar-refractivity contribution in [1.29, 1.82) is 0 Å². The smallest absolute Gasteiger partial charge is 0.251 e. The number of hydrogen-bond donors (Lipinski definition) is 2. The highest BCUT2D eigenvalue weighted by Gasteiger charge is 2.21. The van der Waals surface area contributed by atoms with Crippen LogP contribution >= 0.6 is 11.6 Å². The molecule has 0 unspecified atom stereocenters. The number of carbonyl (C=O) groups excluding carboxylic acids is 1. The van der Waals surface area contributed by atoms with E-state index < -0.39 is 0 Å². The maximum absolute atomic E-state index is 12.1. The van der Waals surface area contributed by atoms with Gasteiger partial charge in [-0.15, -0.1) is 0 Å². The first kappa shape index (κ1) is 20.5. The molecule has 144 valence electrons. The van der Waals surface area contributed by atoms with E-state index in [1.54, 1.807) is 24.3 Å². The number of hydrogen-bond acceptors (Lipinski definition) is 3. The molecule has 1 heterocycles. The molecule has 1 aliphatic rings. The maximum Gasteiger partial charge on any atom is 0.251 e. The fraction of sp³-hybridized carbons (Fsp3) is 0.579. The van der Waals surface area contributed by atoms with E-state index in [-0.39, 0.29) is 5.91 Å². The molecule has 6 nitrogen and oxygen atoms in total. The third-order valence-corrected chi connectivity index (χ3v) is 4.50. The van der Waals surface area contributed by atoms with Crippen molar-refractivity contribution < 1.29 is 9.53 Å². The monoisotopic (exact) mass is 380 g/mol. The predicted octanol–water partition coefficient (Wildman–Crippen LogP) is 2.54. The van der Waals surface area contributed by atoms with Crippen LogP contribution in [0.1, 0.15) is 37.0 Å². The Bertz CT molecular complexity index is 584. The van der Waals surface area contributed by atoms with Crippen LogP contribution in [0.3, 0.4) is 0 Å². The largest absolute Gasteiger partial charge is 0.378 e. The summed E-state index contributed by atoms with van der Waals surface area (Å²) in [6.07, 6.45) is 2.40. The number of benzene rings is 1. The van der Waals surface area contributed by atoms with Crippen molar-refractivity contribution >= 4 is 23.5 Å². The summed E-state index contributed by atoms with van der Waals surface area (Å²) in [7, 11) is 0. The number of ether oxygens (including phenoxy) is 1. The van der Waals surface area contributed by atoms with E-state index in [4.69, 9.17) is 16.3 Å². The first-order chi connectivity index (χ1) is 12.6. The highest BCUT2D eigenvalue weighted by Crippen LogP contribution is 2.13. The van der Waals surface area contributed by atoms with Gasteiger partial charge in [0.25, 0.3) is 5.91 Å². The summed E-state index contributed by atoms with van der Waals surface area (Å²) in [5.41, 5.74) is 0.600. The predicted molar refractivity (Wildman–Crippen MR) is 106 cm³/mol. The Morgan fingerprint density at radius 2 is 1.92 bits per heavy atom. The summed E-state index contributed by atoms with van der Waals surface area (Å²) in [5.74, 6) is 0.794. The molecule has 7 heteroatoms. The van der Waals surface area contributed by atoms with Crippen LogP contribution in [-0.4, -0.2) is 62.2 Å². The van der Waals surface area contributed by atoms with Crippen LogP contribution in [0.25, 0.3) is 0 Å². The molecule has 1 fully saturated rings. The molecule has 0 aliphatic carbocycles. The summed E-state index contributed by atoms with van der Waals surface area (Å²) >= 11 is 5.84. The lowest BCUT2D eigenvalue weighted by Gasteiger charge is -2.34. The molecular formula is C19H29ClN4O2. The number of piperidine rings is 1. The summed E-state index contributed by atoms with van der Waals surface area (Å²) in [4.78, 5) is 19.0. The van der Waals surface area contributed by atoms with Gasteiger partial charge in [-0.3, -0.25) is 9.79 Å². The zero-order valence-corrected chi connectivity index (χ0v) is 16.4. The minimum Gasteiger partial charge on any atom is -0.378 e. The van der Waals surface area contributed by atoms with Gasteiger partial charge in [-0.05, 0) is 51.0 Å². The molecule has 1 saturated heterocycles. The highest BCUT2D eigenvalue weighted by molar-refractivity contribution is 6.30. The third kappa shape index (κ3) is 6.50. The summed E-state index contributed by atoms with van der Waals surface area (Å²) in [6.45, 7) is 8.59. The van der Waals surface area contributed by atoms with Gasteiger partial charge in [-0.1, -0.05) is 11.6 Å². The molecule has 0 atom stereocenters. The van der Waals surface area contributed by atoms with E-state index in [2.05, 4.69) is 27.4 Å². The van der Waals surface area contributed by atoms with E-state index in [0.29, 0.717) is 29.8 Å². The van der Waals surface area contributed by atoms with Gasteiger partial charge in [0.1, 0.15) is 0 Å². The zero-order valence-electron chi connectivity index (χ0n) is 15.6. The van der Waals surface area contributed by atoms with Crippen molar-refractivity contribution in [2.45, 2.75) is 32.8 Å². The second kappa shape index (κ2) is 11.0. The van der Waals surface area contributed by atoms with Gasteiger partial charge in [0.15, 0.2) is 5.96 Å². The van der Waals surface area contributed by atoms with Gasteiger partial charge in [0.2, 0.25) is 0 Å². The highest BCUT2D eigenvalue weighted by atomic mass is 35.5. The number of likely N-dealkylation sites (tertiary alicyclic amines) is 1. The Morgan fingerprint density at radius 3 is 2.54 bits per heavy atom. The van der Waals surface area contributed by atoms with Crippen molar-refractivity contribution in [1.82, 2.24) is 15.5 Å². The second-order valence-electron chi connectivity index (χ2n) is 6.14. The topological polar surface area (TPSA) is 66.0 Å². The van der Waals surface area contributed by atoms with E-state index >= 15 is 0 Å². The quantitative estimate of drug-likeness (QED) is 0.433. The van der Waals surface area contributed by atoms with Gasteiger partial charge in [-0.25, -0.2) is 0 Å². The van der Waals surface area contributed by atoms with Crippen molar-refractivity contribution in [3.05, 3.63) is 34.9 Å². The van der Waals surface area contributed by atoms with Gasteiger partial charge < -0.3 is 20.3 Å². The maximum atomic E-state index is 12.1. The van der Waals surface area contributed by atoms with Crippen molar-refractivity contribution in [2.24, 2.45) is 4.99 Å². The number of nitrogens with one attached hydrogen (secondary N) is 2. The Hall–Kier alpha value is -1.79. The van der Waals surface area contributed by atoms with Crippen LogP contribution in [-0.2, 0) is 4.74 Å². The van der Waals surface area contributed by atoms with Gasteiger partial charge in [0.05, 0.1) is 12.6 Å². The lowest BCUT2D eigenvalue weighted by molar-refractivity contribution is 0.0264. The second-order valence-corrected chi connectivity index (χ2v) is 6.58. The molecule has 2 N–H and O–H groups in total. The van der Waals surface area contributed by atoms with Crippen LogP contribution in [0.5, 0.6) is 0 Å². The molecule has 0 bridgehead atoms. The van der Waals surface area contributed by atoms with Crippen LogP contribution < -0.4 is 10.6 Å². The average Bonchev–Trinajstić information content (AvgIpc) is 2.65. The molecule has 1 amide bonds. The number of aliphatic imine (C=N–C) groups is 1. The van der Waals surface area contributed by atoms with E-state index in [1.165, 1.54) is 0 Å². The van der Waals surface area contributed by atoms with Crippen molar-refractivity contribution in [3.8, 4) is 0 Å². The first-order valence-electron chi connectivity index (χ1n) is 9.32. The summed E-state index contributed by atoms with van der Waals surface area (Å²) in [5, 5.41) is 6.84. The number of halogens is 1. The average molecular weight is 381 g/mol. The summed E-state index contributed by atoms with van der Waals surface area (Å²) < 4.78 is 5.70. The number of rotatable bonds is 7. The Kier molecular flexibility index (Phi) is 8.71. The van der Waals surface area contributed by atoms with Crippen molar-refractivity contribution in [2.75, 3.05) is 39.3 Å². The third-order valence-electron chi connectivity index (χ3n) is 4.24.